The highest BCUT2D eigenvalue weighted by Crippen LogP contribution is 2.22. The zero-order valence-electron chi connectivity index (χ0n) is 14.5. The molecule has 1 aliphatic rings. The summed E-state index contributed by atoms with van der Waals surface area (Å²) in [5.74, 6) is -0.862. The Balaban J connectivity index is 1.87. The van der Waals surface area contributed by atoms with Crippen LogP contribution in [0.2, 0.25) is 0 Å². The second-order valence-corrected chi connectivity index (χ2v) is 8.15. The van der Waals surface area contributed by atoms with Crippen LogP contribution in [0.15, 0.2) is 35.9 Å². The van der Waals surface area contributed by atoms with Crippen LogP contribution in [-0.4, -0.2) is 33.7 Å². The van der Waals surface area contributed by atoms with Gasteiger partial charge >= 0.3 is 0 Å². The van der Waals surface area contributed by atoms with Crippen molar-refractivity contribution in [2.24, 2.45) is 0 Å². The maximum absolute atomic E-state index is 13.9. The fourth-order valence-electron chi connectivity index (χ4n) is 2.90. The van der Waals surface area contributed by atoms with E-state index in [1.165, 1.54) is 36.6 Å². The standard InChI is InChI=1S/C18H25FN2O3S/c1-25(23,24)21(17-10-6-5-9-16(17)19)14-12-18(22)20-13-11-15-7-3-2-4-8-15/h5-7,9-10H,2-4,8,11-14H2,1H3,(H,20,22). The number of sulfonamides is 1. The monoisotopic (exact) mass is 368 g/mol. The zero-order valence-corrected chi connectivity index (χ0v) is 15.3. The van der Waals surface area contributed by atoms with Crippen LogP contribution < -0.4 is 9.62 Å². The Labute approximate surface area is 149 Å². The Morgan fingerprint density at radius 3 is 2.68 bits per heavy atom. The molecule has 1 amide bonds. The Morgan fingerprint density at radius 1 is 1.28 bits per heavy atom. The van der Waals surface area contributed by atoms with Gasteiger partial charge in [-0.1, -0.05) is 23.8 Å². The molecule has 0 aromatic heterocycles. The number of halogens is 1. The molecule has 0 spiro atoms. The maximum atomic E-state index is 13.9. The number of nitrogens with zero attached hydrogens (tertiary/aromatic N) is 1. The lowest BCUT2D eigenvalue weighted by Crippen LogP contribution is -2.35. The molecule has 5 nitrogen and oxygen atoms in total. The number of allylic oxidation sites excluding steroid dienone is 1. The van der Waals surface area contributed by atoms with Crippen molar-refractivity contribution < 1.29 is 17.6 Å². The first-order valence-electron chi connectivity index (χ1n) is 8.55. The summed E-state index contributed by atoms with van der Waals surface area (Å²) in [7, 11) is -3.67. The number of para-hydroxylation sites is 1. The molecule has 138 valence electrons. The number of amides is 1. The number of carbonyl (C=O) groups excluding carboxylic acids is 1. The quantitative estimate of drug-likeness (QED) is 0.718. The first-order valence-corrected chi connectivity index (χ1v) is 10.4. The molecular formula is C18H25FN2O3S. The lowest BCUT2D eigenvalue weighted by Gasteiger charge is -2.22. The largest absolute Gasteiger partial charge is 0.356 e. The highest BCUT2D eigenvalue weighted by atomic mass is 32.2. The van der Waals surface area contributed by atoms with Crippen LogP contribution in [-0.2, 0) is 14.8 Å². The molecular weight excluding hydrogens is 343 g/mol. The summed E-state index contributed by atoms with van der Waals surface area (Å²) < 4.78 is 38.7. The van der Waals surface area contributed by atoms with Crippen molar-refractivity contribution in [3.63, 3.8) is 0 Å². The third-order valence-electron chi connectivity index (χ3n) is 4.22. The normalized spacial score (nSPS) is 14.7. The summed E-state index contributed by atoms with van der Waals surface area (Å²) in [6.07, 6.45) is 8.68. The molecule has 0 aliphatic heterocycles. The summed E-state index contributed by atoms with van der Waals surface area (Å²) in [4.78, 5) is 12.0. The second-order valence-electron chi connectivity index (χ2n) is 6.24. The van der Waals surface area contributed by atoms with Gasteiger partial charge in [-0.25, -0.2) is 12.8 Å². The molecule has 7 heteroatoms. The van der Waals surface area contributed by atoms with Gasteiger partial charge in [-0.3, -0.25) is 9.10 Å². The van der Waals surface area contributed by atoms with Gasteiger partial charge in [0.15, 0.2) is 0 Å². The lowest BCUT2D eigenvalue weighted by molar-refractivity contribution is -0.120. The molecule has 0 radical (unpaired) electrons. The van der Waals surface area contributed by atoms with Gasteiger partial charge in [0.05, 0.1) is 11.9 Å². The van der Waals surface area contributed by atoms with E-state index in [4.69, 9.17) is 0 Å². The number of hydrogen-bond donors (Lipinski definition) is 1. The number of hydrogen-bond acceptors (Lipinski definition) is 3. The lowest BCUT2D eigenvalue weighted by atomic mass is 9.97. The molecule has 0 saturated carbocycles. The maximum Gasteiger partial charge on any atom is 0.232 e. The Bertz CT molecular complexity index is 732. The van der Waals surface area contributed by atoms with E-state index in [9.17, 15) is 17.6 Å². The number of anilines is 1. The van der Waals surface area contributed by atoms with E-state index in [1.54, 1.807) is 6.07 Å². The van der Waals surface area contributed by atoms with Crippen molar-refractivity contribution in [1.29, 1.82) is 0 Å². The van der Waals surface area contributed by atoms with Crippen molar-refractivity contribution in [3.8, 4) is 0 Å². The molecule has 1 N–H and O–H groups in total. The number of nitrogens with one attached hydrogen (secondary N) is 1. The highest BCUT2D eigenvalue weighted by molar-refractivity contribution is 7.92. The Hall–Kier alpha value is -1.89. The van der Waals surface area contributed by atoms with E-state index >= 15 is 0 Å². The Kier molecular flexibility index (Phi) is 6.99. The topological polar surface area (TPSA) is 66.5 Å². The van der Waals surface area contributed by atoms with Gasteiger partial charge in [-0.05, 0) is 44.2 Å². The molecule has 0 atom stereocenters. The minimum absolute atomic E-state index is 0.0134. The van der Waals surface area contributed by atoms with Gasteiger partial charge in [0.2, 0.25) is 15.9 Å². The minimum Gasteiger partial charge on any atom is -0.356 e. The van der Waals surface area contributed by atoms with Crippen LogP contribution in [0.25, 0.3) is 0 Å². The third-order valence-corrected chi connectivity index (χ3v) is 5.40. The van der Waals surface area contributed by atoms with Gasteiger partial charge < -0.3 is 5.32 Å². The minimum atomic E-state index is -3.67. The van der Waals surface area contributed by atoms with Crippen LogP contribution in [0.3, 0.4) is 0 Å². The first-order chi connectivity index (χ1) is 11.9. The van der Waals surface area contributed by atoms with E-state index in [1.807, 2.05) is 0 Å². The fourth-order valence-corrected chi connectivity index (χ4v) is 3.83. The predicted octanol–water partition coefficient (Wildman–Crippen LogP) is 2.99. The van der Waals surface area contributed by atoms with Crippen molar-refractivity contribution in [1.82, 2.24) is 5.32 Å². The van der Waals surface area contributed by atoms with Crippen LogP contribution >= 0.6 is 0 Å². The number of rotatable bonds is 8. The number of carbonyl (C=O) groups is 1. The van der Waals surface area contributed by atoms with Crippen molar-refractivity contribution >= 4 is 21.6 Å². The van der Waals surface area contributed by atoms with E-state index < -0.39 is 15.8 Å². The third kappa shape index (κ3) is 6.16. The van der Waals surface area contributed by atoms with Crippen LogP contribution in [0.1, 0.15) is 38.5 Å². The molecule has 25 heavy (non-hydrogen) atoms. The smallest absolute Gasteiger partial charge is 0.232 e. The second kappa shape index (κ2) is 8.99. The average molecular weight is 368 g/mol. The van der Waals surface area contributed by atoms with Gasteiger partial charge in [0.1, 0.15) is 5.82 Å². The Morgan fingerprint density at radius 2 is 2.04 bits per heavy atom. The molecule has 0 saturated heterocycles. The summed E-state index contributed by atoms with van der Waals surface area (Å²) in [6.45, 7) is 0.456. The van der Waals surface area contributed by atoms with E-state index in [0.29, 0.717) is 6.54 Å². The molecule has 0 heterocycles. The van der Waals surface area contributed by atoms with Crippen molar-refractivity contribution in [2.75, 3.05) is 23.7 Å². The van der Waals surface area contributed by atoms with Crippen molar-refractivity contribution in [3.05, 3.63) is 41.7 Å². The first kappa shape index (κ1) is 19.4. The zero-order chi connectivity index (χ0) is 18.3. The van der Waals surface area contributed by atoms with Gasteiger partial charge in [-0.2, -0.15) is 0 Å². The molecule has 1 aromatic carbocycles. The van der Waals surface area contributed by atoms with Crippen LogP contribution in [0, 0.1) is 5.82 Å². The molecule has 0 unspecified atom stereocenters. The van der Waals surface area contributed by atoms with E-state index in [-0.39, 0.29) is 24.6 Å². The fraction of sp³-hybridized carbons (Fsp3) is 0.500. The van der Waals surface area contributed by atoms with Crippen LogP contribution in [0.5, 0.6) is 0 Å². The predicted molar refractivity (Wildman–Crippen MR) is 97.4 cm³/mol. The average Bonchev–Trinajstić information content (AvgIpc) is 2.56. The molecule has 1 aliphatic carbocycles. The van der Waals surface area contributed by atoms with Gasteiger partial charge in [-0.15, -0.1) is 0 Å². The van der Waals surface area contributed by atoms with Crippen LogP contribution in [0.4, 0.5) is 10.1 Å². The van der Waals surface area contributed by atoms with Gasteiger partial charge in [0.25, 0.3) is 0 Å². The molecule has 0 fully saturated rings. The summed E-state index contributed by atoms with van der Waals surface area (Å²) in [5.41, 5.74) is 1.33. The SMILES string of the molecule is CS(=O)(=O)N(CCC(=O)NCCC1=CCCCC1)c1ccccc1F. The summed E-state index contributed by atoms with van der Waals surface area (Å²) in [5, 5.41) is 2.81. The van der Waals surface area contributed by atoms with Gasteiger partial charge in [0, 0.05) is 19.5 Å². The van der Waals surface area contributed by atoms with E-state index in [2.05, 4.69) is 11.4 Å². The van der Waals surface area contributed by atoms with Crippen molar-refractivity contribution in [2.45, 2.75) is 38.5 Å². The highest BCUT2D eigenvalue weighted by Gasteiger charge is 2.21. The number of benzene rings is 1. The van der Waals surface area contributed by atoms with E-state index in [0.717, 1.165) is 29.8 Å². The molecule has 0 bridgehead atoms. The molecule has 1 aromatic rings. The summed E-state index contributed by atoms with van der Waals surface area (Å²) in [6, 6.07) is 5.65. The molecule has 2 rings (SSSR count). The summed E-state index contributed by atoms with van der Waals surface area (Å²) >= 11 is 0.